The molecule has 0 spiro atoms. The Morgan fingerprint density at radius 1 is 1.38 bits per heavy atom. The topological polar surface area (TPSA) is 55.6 Å². The molecule has 0 aliphatic carbocycles. The molecule has 2 rings (SSSR count). The zero-order chi connectivity index (χ0) is 15.4. The molecule has 1 aliphatic rings. The van der Waals surface area contributed by atoms with Gasteiger partial charge in [0.25, 0.3) is 5.91 Å². The largest absolute Gasteiger partial charge is 0.482 e. The Kier molecular flexibility index (Phi) is 5.23. The standard InChI is InChI=1S/C17H26N2O2/c1-4-5-8-19-15-10-13(14(18)9-12(2)3)6-7-16(15)21-11-17(19)20/h6-7,10,12,14H,4-5,8-9,11,18H2,1-3H3. The monoisotopic (exact) mass is 290 g/mol. The molecule has 1 aliphatic heterocycles. The van der Waals surface area contributed by atoms with E-state index in [0.29, 0.717) is 5.92 Å². The summed E-state index contributed by atoms with van der Waals surface area (Å²) in [4.78, 5) is 13.9. The van der Waals surface area contributed by atoms with Crippen molar-refractivity contribution in [3.8, 4) is 5.75 Å². The zero-order valence-electron chi connectivity index (χ0n) is 13.3. The first-order valence-corrected chi connectivity index (χ1v) is 7.85. The minimum atomic E-state index is 0.000328. The van der Waals surface area contributed by atoms with Crippen LogP contribution in [0.25, 0.3) is 0 Å². The van der Waals surface area contributed by atoms with Gasteiger partial charge < -0.3 is 15.4 Å². The first kappa shape index (κ1) is 15.8. The van der Waals surface area contributed by atoms with Crippen LogP contribution in [-0.4, -0.2) is 19.1 Å². The highest BCUT2D eigenvalue weighted by Gasteiger charge is 2.25. The summed E-state index contributed by atoms with van der Waals surface area (Å²) in [5.74, 6) is 1.36. The number of carbonyl (C=O) groups is 1. The summed E-state index contributed by atoms with van der Waals surface area (Å²) in [7, 11) is 0. The first-order chi connectivity index (χ1) is 10.0. The van der Waals surface area contributed by atoms with Gasteiger partial charge >= 0.3 is 0 Å². The average Bonchev–Trinajstić information content (AvgIpc) is 2.45. The molecule has 0 aromatic heterocycles. The summed E-state index contributed by atoms with van der Waals surface area (Å²) in [5, 5.41) is 0. The highest BCUT2D eigenvalue weighted by atomic mass is 16.5. The third-order valence-electron chi connectivity index (χ3n) is 3.81. The maximum absolute atomic E-state index is 12.1. The Morgan fingerprint density at radius 2 is 2.14 bits per heavy atom. The SMILES string of the molecule is CCCCN1C(=O)COc2ccc(C(N)CC(C)C)cc21. The summed E-state index contributed by atoms with van der Waals surface area (Å²) in [6, 6.07) is 5.98. The molecule has 0 saturated heterocycles. The number of amides is 1. The number of fused-ring (bicyclic) bond motifs is 1. The van der Waals surface area contributed by atoms with Crippen molar-refractivity contribution in [2.45, 2.75) is 46.1 Å². The molecule has 4 heteroatoms. The molecule has 0 saturated carbocycles. The fourth-order valence-electron chi connectivity index (χ4n) is 2.66. The number of anilines is 1. The minimum Gasteiger partial charge on any atom is -0.482 e. The van der Waals surface area contributed by atoms with E-state index >= 15 is 0 Å². The number of benzene rings is 1. The van der Waals surface area contributed by atoms with E-state index in [4.69, 9.17) is 10.5 Å². The quantitative estimate of drug-likeness (QED) is 0.875. The Hall–Kier alpha value is -1.55. The smallest absolute Gasteiger partial charge is 0.265 e. The van der Waals surface area contributed by atoms with E-state index in [-0.39, 0.29) is 18.6 Å². The van der Waals surface area contributed by atoms with Crippen LogP contribution in [0.15, 0.2) is 18.2 Å². The predicted molar refractivity (Wildman–Crippen MR) is 85.6 cm³/mol. The maximum atomic E-state index is 12.1. The van der Waals surface area contributed by atoms with E-state index in [9.17, 15) is 4.79 Å². The Morgan fingerprint density at radius 3 is 2.81 bits per heavy atom. The lowest BCUT2D eigenvalue weighted by molar-refractivity contribution is -0.121. The zero-order valence-corrected chi connectivity index (χ0v) is 13.3. The molecule has 1 atom stereocenters. The number of rotatable bonds is 6. The Balaban J connectivity index is 2.26. The van der Waals surface area contributed by atoms with Gasteiger partial charge in [0, 0.05) is 12.6 Å². The van der Waals surface area contributed by atoms with Gasteiger partial charge in [0.1, 0.15) is 5.75 Å². The molecular formula is C17H26N2O2. The van der Waals surface area contributed by atoms with Crippen LogP contribution in [0.5, 0.6) is 5.75 Å². The number of ether oxygens (including phenoxy) is 1. The van der Waals surface area contributed by atoms with Crippen molar-refractivity contribution in [1.82, 2.24) is 0 Å². The van der Waals surface area contributed by atoms with E-state index in [1.54, 1.807) is 0 Å². The number of nitrogens with zero attached hydrogens (tertiary/aromatic N) is 1. The van der Waals surface area contributed by atoms with Crippen LogP contribution >= 0.6 is 0 Å². The van der Waals surface area contributed by atoms with E-state index in [0.717, 1.165) is 42.8 Å². The average molecular weight is 290 g/mol. The van der Waals surface area contributed by atoms with E-state index < -0.39 is 0 Å². The van der Waals surface area contributed by atoms with Gasteiger partial charge in [-0.05, 0) is 36.5 Å². The van der Waals surface area contributed by atoms with Gasteiger partial charge in [-0.25, -0.2) is 0 Å². The van der Waals surface area contributed by atoms with Crippen molar-refractivity contribution in [2.24, 2.45) is 11.7 Å². The van der Waals surface area contributed by atoms with Gasteiger partial charge in [-0.3, -0.25) is 4.79 Å². The summed E-state index contributed by atoms with van der Waals surface area (Å²) in [6.45, 7) is 7.33. The summed E-state index contributed by atoms with van der Waals surface area (Å²) in [5.41, 5.74) is 8.21. The Bertz CT molecular complexity index is 500. The van der Waals surface area contributed by atoms with Gasteiger partial charge in [0.05, 0.1) is 5.69 Å². The molecule has 0 radical (unpaired) electrons. The normalized spacial score (nSPS) is 15.9. The third kappa shape index (κ3) is 3.76. The van der Waals surface area contributed by atoms with E-state index in [2.05, 4.69) is 20.8 Å². The predicted octanol–water partition coefficient (Wildman–Crippen LogP) is 3.26. The van der Waals surface area contributed by atoms with Crippen molar-refractivity contribution in [1.29, 1.82) is 0 Å². The van der Waals surface area contributed by atoms with Crippen molar-refractivity contribution in [2.75, 3.05) is 18.1 Å². The first-order valence-electron chi connectivity index (χ1n) is 7.85. The highest BCUT2D eigenvalue weighted by Crippen LogP contribution is 2.35. The summed E-state index contributed by atoms with van der Waals surface area (Å²) >= 11 is 0. The van der Waals surface area contributed by atoms with Crippen molar-refractivity contribution >= 4 is 11.6 Å². The molecular weight excluding hydrogens is 264 g/mol. The number of hydrogen-bond acceptors (Lipinski definition) is 3. The lowest BCUT2D eigenvalue weighted by Crippen LogP contribution is -2.39. The third-order valence-corrected chi connectivity index (χ3v) is 3.81. The Labute approximate surface area is 127 Å². The molecule has 4 nitrogen and oxygen atoms in total. The lowest BCUT2D eigenvalue weighted by Gasteiger charge is -2.30. The fraction of sp³-hybridized carbons (Fsp3) is 0.588. The molecule has 2 N–H and O–H groups in total. The molecule has 1 amide bonds. The molecule has 1 heterocycles. The second-order valence-electron chi connectivity index (χ2n) is 6.15. The van der Waals surface area contributed by atoms with Crippen molar-refractivity contribution in [3.05, 3.63) is 23.8 Å². The number of carbonyl (C=O) groups excluding carboxylic acids is 1. The van der Waals surface area contributed by atoms with Gasteiger partial charge in [-0.1, -0.05) is 33.3 Å². The maximum Gasteiger partial charge on any atom is 0.265 e. The van der Waals surface area contributed by atoms with Crippen LogP contribution in [0.3, 0.4) is 0 Å². The van der Waals surface area contributed by atoms with Gasteiger partial charge in [0.2, 0.25) is 0 Å². The molecule has 1 aromatic rings. The molecule has 116 valence electrons. The van der Waals surface area contributed by atoms with Crippen LogP contribution in [0.2, 0.25) is 0 Å². The van der Waals surface area contributed by atoms with Crippen LogP contribution in [0, 0.1) is 5.92 Å². The van der Waals surface area contributed by atoms with Crippen molar-refractivity contribution in [3.63, 3.8) is 0 Å². The van der Waals surface area contributed by atoms with Crippen LogP contribution in [0.1, 0.15) is 51.6 Å². The molecule has 21 heavy (non-hydrogen) atoms. The lowest BCUT2D eigenvalue weighted by atomic mass is 9.97. The van der Waals surface area contributed by atoms with Crippen LogP contribution in [0.4, 0.5) is 5.69 Å². The molecule has 0 bridgehead atoms. The van der Waals surface area contributed by atoms with E-state index in [1.165, 1.54) is 0 Å². The second kappa shape index (κ2) is 6.94. The number of unbranched alkanes of at least 4 members (excludes halogenated alkanes) is 1. The number of hydrogen-bond donors (Lipinski definition) is 1. The molecule has 1 aromatic carbocycles. The molecule has 0 fully saturated rings. The minimum absolute atomic E-state index is 0.000328. The molecule has 1 unspecified atom stereocenters. The fourth-order valence-corrected chi connectivity index (χ4v) is 2.66. The summed E-state index contributed by atoms with van der Waals surface area (Å²) in [6.07, 6.45) is 2.99. The highest BCUT2D eigenvalue weighted by molar-refractivity contribution is 5.97. The van der Waals surface area contributed by atoms with E-state index in [1.807, 2.05) is 23.1 Å². The van der Waals surface area contributed by atoms with Crippen LogP contribution in [-0.2, 0) is 4.79 Å². The number of nitrogens with two attached hydrogens (primary N) is 1. The van der Waals surface area contributed by atoms with Crippen LogP contribution < -0.4 is 15.4 Å². The second-order valence-corrected chi connectivity index (χ2v) is 6.15. The van der Waals surface area contributed by atoms with Gasteiger partial charge in [0.15, 0.2) is 6.61 Å². The summed E-state index contributed by atoms with van der Waals surface area (Å²) < 4.78 is 5.53. The van der Waals surface area contributed by atoms with Gasteiger partial charge in [-0.15, -0.1) is 0 Å². The van der Waals surface area contributed by atoms with Gasteiger partial charge in [-0.2, -0.15) is 0 Å². The van der Waals surface area contributed by atoms with Crippen molar-refractivity contribution < 1.29 is 9.53 Å².